The van der Waals surface area contributed by atoms with Crippen molar-refractivity contribution in [3.63, 3.8) is 0 Å². The van der Waals surface area contributed by atoms with Gasteiger partial charge in [-0.3, -0.25) is 4.98 Å². The lowest BCUT2D eigenvalue weighted by Crippen LogP contribution is -2.40. The van der Waals surface area contributed by atoms with Crippen LogP contribution in [0.2, 0.25) is 0 Å². The molecule has 0 spiro atoms. The summed E-state index contributed by atoms with van der Waals surface area (Å²) in [5, 5.41) is 4.96. The van der Waals surface area contributed by atoms with Crippen molar-refractivity contribution in [2.24, 2.45) is 5.92 Å². The lowest BCUT2D eigenvalue weighted by atomic mass is 9.98. The molecule has 2 nitrogen and oxygen atoms in total. The summed E-state index contributed by atoms with van der Waals surface area (Å²) in [5.41, 5.74) is 2.68. The van der Waals surface area contributed by atoms with Gasteiger partial charge in [0.25, 0.3) is 0 Å². The fraction of sp³-hybridized carbons (Fsp3) is 0.438. The van der Waals surface area contributed by atoms with E-state index in [4.69, 9.17) is 0 Å². The number of fused-ring (bicyclic) bond motifs is 1. The van der Waals surface area contributed by atoms with Crippen molar-refractivity contribution in [1.82, 2.24) is 10.3 Å². The molecule has 2 heteroatoms. The molecule has 2 aromatic rings. The molecule has 3 rings (SSSR count). The van der Waals surface area contributed by atoms with Crippen molar-refractivity contribution < 1.29 is 0 Å². The highest BCUT2D eigenvalue weighted by molar-refractivity contribution is 5.81. The Hall–Kier alpha value is -1.41. The van der Waals surface area contributed by atoms with Gasteiger partial charge in [-0.25, -0.2) is 0 Å². The Labute approximate surface area is 108 Å². The number of nitrogens with one attached hydrogen (secondary N) is 1. The third-order valence-corrected chi connectivity index (χ3v) is 4.07. The van der Waals surface area contributed by atoms with Gasteiger partial charge < -0.3 is 5.32 Å². The second-order valence-electron chi connectivity index (χ2n) is 5.84. The van der Waals surface area contributed by atoms with Crippen LogP contribution in [0.4, 0.5) is 0 Å². The molecular weight excluding hydrogens is 220 g/mol. The summed E-state index contributed by atoms with van der Waals surface area (Å²) < 4.78 is 0. The first-order valence-electron chi connectivity index (χ1n) is 6.74. The molecule has 1 fully saturated rings. The monoisotopic (exact) mass is 240 g/mol. The first-order valence-corrected chi connectivity index (χ1v) is 6.74. The largest absolute Gasteiger partial charge is 0.307 e. The van der Waals surface area contributed by atoms with Crippen LogP contribution >= 0.6 is 0 Å². The second kappa shape index (κ2) is 4.36. The molecule has 0 saturated heterocycles. The molecule has 1 aromatic heterocycles. The average molecular weight is 240 g/mol. The van der Waals surface area contributed by atoms with Gasteiger partial charge in [0.05, 0.1) is 5.52 Å². The molecule has 1 aromatic carbocycles. The van der Waals surface area contributed by atoms with Gasteiger partial charge in [0.1, 0.15) is 0 Å². The van der Waals surface area contributed by atoms with Crippen molar-refractivity contribution in [2.45, 2.75) is 38.8 Å². The number of benzene rings is 1. The molecule has 1 aliphatic carbocycles. The Bertz CT molecular complexity index is 551. The summed E-state index contributed by atoms with van der Waals surface area (Å²) in [6.07, 6.45) is 4.65. The first kappa shape index (κ1) is 11.7. The number of rotatable bonds is 4. The SMILES string of the molecule is CC(C)(NCc1ccnc2ccccc12)C1CC1. The van der Waals surface area contributed by atoms with Crippen LogP contribution in [0.15, 0.2) is 36.5 Å². The van der Waals surface area contributed by atoms with E-state index in [0.717, 1.165) is 18.0 Å². The van der Waals surface area contributed by atoms with Gasteiger partial charge >= 0.3 is 0 Å². The van der Waals surface area contributed by atoms with Gasteiger partial charge in [-0.15, -0.1) is 0 Å². The first-order chi connectivity index (χ1) is 8.67. The standard InChI is InChI=1S/C16H20N2/c1-16(2,13-7-8-13)18-11-12-9-10-17-15-6-4-3-5-14(12)15/h3-6,9-10,13,18H,7-8,11H2,1-2H3. The van der Waals surface area contributed by atoms with E-state index in [1.54, 1.807) is 0 Å². The Morgan fingerprint density at radius 2 is 2.00 bits per heavy atom. The molecule has 0 radical (unpaired) electrons. The fourth-order valence-electron chi connectivity index (χ4n) is 2.58. The molecule has 94 valence electrons. The molecule has 0 aliphatic heterocycles. The van der Waals surface area contributed by atoms with Gasteiger partial charge in [-0.1, -0.05) is 18.2 Å². The molecule has 18 heavy (non-hydrogen) atoms. The minimum atomic E-state index is 0.254. The normalized spacial score (nSPS) is 16.1. The molecule has 1 saturated carbocycles. The fourth-order valence-corrected chi connectivity index (χ4v) is 2.58. The van der Waals surface area contributed by atoms with Crippen LogP contribution in [-0.2, 0) is 6.54 Å². The minimum Gasteiger partial charge on any atom is -0.307 e. The van der Waals surface area contributed by atoms with Crippen LogP contribution < -0.4 is 5.32 Å². The van der Waals surface area contributed by atoms with E-state index >= 15 is 0 Å². The maximum Gasteiger partial charge on any atom is 0.0705 e. The molecule has 0 atom stereocenters. The summed E-state index contributed by atoms with van der Waals surface area (Å²) in [4.78, 5) is 4.41. The molecule has 0 bridgehead atoms. The van der Waals surface area contributed by atoms with E-state index in [2.05, 4.69) is 48.4 Å². The van der Waals surface area contributed by atoms with E-state index in [0.29, 0.717) is 0 Å². The number of para-hydroxylation sites is 1. The number of hydrogen-bond donors (Lipinski definition) is 1. The number of nitrogens with zero attached hydrogens (tertiary/aromatic N) is 1. The van der Waals surface area contributed by atoms with Gasteiger partial charge in [-0.2, -0.15) is 0 Å². The summed E-state index contributed by atoms with van der Waals surface area (Å²) in [6.45, 7) is 5.55. The maximum absolute atomic E-state index is 4.41. The number of aromatic nitrogens is 1. The Kier molecular flexibility index (Phi) is 2.83. The minimum absolute atomic E-state index is 0.254. The van der Waals surface area contributed by atoms with Gasteiger partial charge in [0.15, 0.2) is 0 Å². The quantitative estimate of drug-likeness (QED) is 0.884. The highest BCUT2D eigenvalue weighted by Gasteiger charge is 2.37. The predicted molar refractivity (Wildman–Crippen MR) is 75.4 cm³/mol. The zero-order chi connectivity index (χ0) is 12.6. The lowest BCUT2D eigenvalue weighted by Gasteiger charge is -2.26. The molecular formula is C16H20N2. The van der Waals surface area contributed by atoms with E-state index in [-0.39, 0.29) is 5.54 Å². The van der Waals surface area contributed by atoms with E-state index in [1.165, 1.54) is 23.8 Å². The summed E-state index contributed by atoms with van der Waals surface area (Å²) in [5.74, 6) is 0.852. The van der Waals surface area contributed by atoms with E-state index in [9.17, 15) is 0 Å². The van der Waals surface area contributed by atoms with Crippen molar-refractivity contribution in [3.8, 4) is 0 Å². The van der Waals surface area contributed by atoms with Crippen LogP contribution in [0.1, 0.15) is 32.3 Å². The Balaban J connectivity index is 1.82. The smallest absolute Gasteiger partial charge is 0.0705 e. The third kappa shape index (κ3) is 2.25. The molecule has 1 aliphatic rings. The Morgan fingerprint density at radius 1 is 1.22 bits per heavy atom. The van der Waals surface area contributed by atoms with E-state index < -0.39 is 0 Å². The summed E-state index contributed by atoms with van der Waals surface area (Å²) in [7, 11) is 0. The van der Waals surface area contributed by atoms with Crippen LogP contribution in [0.25, 0.3) is 10.9 Å². The lowest BCUT2D eigenvalue weighted by molar-refractivity contribution is 0.340. The maximum atomic E-state index is 4.41. The predicted octanol–water partition coefficient (Wildman–Crippen LogP) is 3.51. The van der Waals surface area contributed by atoms with Crippen LogP contribution in [-0.4, -0.2) is 10.5 Å². The molecule has 1 heterocycles. The summed E-state index contributed by atoms with van der Waals surface area (Å²) >= 11 is 0. The number of hydrogen-bond acceptors (Lipinski definition) is 2. The molecule has 1 N–H and O–H groups in total. The van der Waals surface area contributed by atoms with Gasteiger partial charge in [-0.05, 0) is 50.3 Å². The average Bonchev–Trinajstić information content (AvgIpc) is 3.21. The summed E-state index contributed by atoms with van der Waals surface area (Å²) in [6, 6.07) is 10.5. The highest BCUT2D eigenvalue weighted by Crippen LogP contribution is 2.39. The second-order valence-corrected chi connectivity index (χ2v) is 5.84. The van der Waals surface area contributed by atoms with Crippen molar-refractivity contribution in [1.29, 1.82) is 0 Å². The zero-order valence-electron chi connectivity index (χ0n) is 11.1. The number of pyridine rings is 1. The highest BCUT2D eigenvalue weighted by atomic mass is 15.0. The molecule has 0 unspecified atom stereocenters. The molecule has 0 amide bonds. The van der Waals surface area contributed by atoms with Crippen molar-refractivity contribution in [2.75, 3.05) is 0 Å². The van der Waals surface area contributed by atoms with Crippen LogP contribution in [0.3, 0.4) is 0 Å². The zero-order valence-corrected chi connectivity index (χ0v) is 11.1. The van der Waals surface area contributed by atoms with Crippen LogP contribution in [0.5, 0.6) is 0 Å². The third-order valence-electron chi connectivity index (χ3n) is 4.07. The topological polar surface area (TPSA) is 24.9 Å². The van der Waals surface area contributed by atoms with Crippen molar-refractivity contribution >= 4 is 10.9 Å². The van der Waals surface area contributed by atoms with E-state index in [1.807, 2.05) is 12.3 Å². The Morgan fingerprint density at radius 3 is 2.78 bits per heavy atom. The van der Waals surface area contributed by atoms with Crippen LogP contribution in [0, 0.1) is 5.92 Å². The van der Waals surface area contributed by atoms with Crippen molar-refractivity contribution in [3.05, 3.63) is 42.1 Å². The van der Waals surface area contributed by atoms with Gasteiger partial charge in [0, 0.05) is 23.7 Å². The van der Waals surface area contributed by atoms with Gasteiger partial charge in [0.2, 0.25) is 0 Å².